The van der Waals surface area contributed by atoms with Crippen LogP contribution in [0.15, 0.2) is 60.8 Å². The van der Waals surface area contributed by atoms with E-state index in [1.807, 2.05) is 0 Å². The van der Waals surface area contributed by atoms with E-state index in [1.54, 1.807) is 31.2 Å². The maximum Gasteiger partial charge on any atom is 0.573 e. The predicted molar refractivity (Wildman–Crippen MR) is 113 cm³/mol. The van der Waals surface area contributed by atoms with Crippen molar-refractivity contribution in [2.45, 2.75) is 31.3 Å². The number of pyridine rings is 1. The fourth-order valence-electron chi connectivity index (χ4n) is 3.89. The van der Waals surface area contributed by atoms with E-state index in [4.69, 9.17) is 4.74 Å². The molecule has 0 bridgehead atoms. The number of aliphatic hydroxyl groups is 1. The van der Waals surface area contributed by atoms with Crippen molar-refractivity contribution in [3.05, 3.63) is 89.0 Å². The number of fused-ring (bicyclic) bond motifs is 1. The minimum Gasteiger partial charge on any atom is -0.491 e. The second-order valence-corrected chi connectivity index (χ2v) is 7.80. The summed E-state index contributed by atoms with van der Waals surface area (Å²) in [7, 11) is 0. The number of halogens is 4. The first-order chi connectivity index (χ1) is 16.1. The Morgan fingerprint density at radius 2 is 1.94 bits per heavy atom. The van der Waals surface area contributed by atoms with Gasteiger partial charge in [0.15, 0.2) is 11.6 Å². The topological polar surface area (TPSA) is 80.7 Å². The number of ether oxygens (including phenoxy) is 2. The fraction of sp³-hybridized carbons (Fsp3) is 0.250. The van der Waals surface area contributed by atoms with Crippen LogP contribution in [-0.2, 0) is 5.54 Å². The Labute approximate surface area is 192 Å². The van der Waals surface area contributed by atoms with E-state index in [0.29, 0.717) is 17.0 Å². The van der Waals surface area contributed by atoms with Crippen molar-refractivity contribution in [2.24, 2.45) is 0 Å². The number of amides is 1. The summed E-state index contributed by atoms with van der Waals surface area (Å²) >= 11 is 0. The largest absolute Gasteiger partial charge is 0.573 e. The van der Waals surface area contributed by atoms with Crippen LogP contribution in [-0.4, -0.2) is 29.0 Å². The second-order valence-electron chi connectivity index (χ2n) is 7.80. The van der Waals surface area contributed by atoms with Gasteiger partial charge in [-0.05, 0) is 54.4 Å². The first kappa shape index (κ1) is 23.5. The van der Waals surface area contributed by atoms with E-state index in [1.165, 1.54) is 24.4 Å². The van der Waals surface area contributed by atoms with Crippen molar-refractivity contribution in [3.8, 4) is 11.5 Å². The summed E-state index contributed by atoms with van der Waals surface area (Å²) in [6.45, 7) is 1.73. The first-order valence-electron chi connectivity index (χ1n) is 10.3. The fourth-order valence-corrected chi connectivity index (χ4v) is 3.89. The molecule has 0 radical (unpaired) electrons. The lowest BCUT2D eigenvalue weighted by Crippen LogP contribution is -2.50. The van der Waals surface area contributed by atoms with Crippen molar-refractivity contribution >= 4 is 5.91 Å². The summed E-state index contributed by atoms with van der Waals surface area (Å²) in [6.07, 6.45) is -4.15. The highest BCUT2D eigenvalue weighted by molar-refractivity contribution is 5.95. The number of alkyl halides is 3. The summed E-state index contributed by atoms with van der Waals surface area (Å²) in [5, 5.41) is 12.6. The number of hydrogen-bond donors (Lipinski definition) is 2. The normalized spacial score (nSPS) is 18.4. The quantitative estimate of drug-likeness (QED) is 0.525. The molecular formula is C24H20F4N2O4. The molecule has 4 rings (SSSR count). The molecule has 2 N–H and O–H groups in total. The second kappa shape index (κ2) is 8.94. The third kappa shape index (κ3) is 4.67. The van der Waals surface area contributed by atoms with Gasteiger partial charge in [0, 0.05) is 18.2 Å². The van der Waals surface area contributed by atoms with Gasteiger partial charge in [0.25, 0.3) is 5.91 Å². The number of rotatable bonds is 5. The van der Waals surface area contributed by atoms with Crippen LogP contribution in [0.25, 0.3) is 0 Å². The molecule has 34 heavy (non-hydrogen) atoms. The molecule has 0 saturated heterocycles. The molecule has 0 spiro atoms. The molecule has 0 saturated carbocycles. The molecule has 6 nitrogen and oxygen atoms in total. The number of aliphatic hydroxyl groups excluding tert-OH is 1. The average Bonchev–Trinajstić information content (AvgIpc) is 2.79. The number of nitrogens with one attached hydrogen (secondary N) is 1. The standard InChI is InChI=1S/C24H20F4N2O4/c1-14(31)15-4-6-16(7-5-15)22(32)30-23(10-12-33-20-3-2-11-29-21(20)23)17-8-9-19(18(25)13-17)34-24(26,27)28/h2-9,11,13-14,31H,10,12H2,1H3,(H,30,32)/t14?,23-/m0/s1. The molecule has 1 amide bonds. The van der Waals surface area contributed by atoms with Crippen molar-refractivity contribution < 1.29 is 36.9 Å². The minimum atomic E-state index is -5.06. The van der Waals surface area contributed by atoms with E-state index in [9.17, 15) is 27.5 Å². The molecule has 1 aromatic heterocycles. The average molecular weight is 476 g/mol. The van der Waals surface area contributed by atoms with E-state index in [0.717, 1.165) is 12.1 Å². The number of hydrogen-bond acceptors (Lipinski definition) is 5. The minimum absolute atomic E-state index is 0.141. The molecule has 2 aromatic carbocycles. The van der Waals surface area contributed by atoms with Gasteiger partial charge in [0.1, 0.15) is 17.0 Å². The van der Waals surface area contributed by atoms with Gasteiger partial charge in [-0.2, -0.15) is 0 Å². The molecule has 10 heteroatoms. The van der Waals surface area contributed by atoms with Gasteiger partial charge in [-0.25, -0.2) is 4.39 Å². The lowest BCUT2D eigenvalue weighted by atomic mass is 9.81. The maximum absolute atomic E-state index is 14.6. The number of nitrogens with zero attached hydrogens (tertiary/aromatic N) is 1. The molecule has 0 fully saturated rings. The van der Waals surface area contributed by atoms with Gasteiger partial charge < -0.3 is 19.9 Å². The zero-order valence-electron chi connectivity index (χ0n) is 17.9. The number of aromatic nitrogens is 1. The van der Waals surface area contributed by atoms with Gasteiger partial charge in [-0.1, -0.05) is 18.2 Å². The first-order valence-corrected chi connectivity index (χ1v) is 10.3. The number of carbonyl (C=O) groups is 1. The molecule has 3 aromatic rings. The highest BCUT2D eigenvalue weighted by Crippen LogP contribution is 2.42. The van der Waals surface area contributed by atoms with Gasteiger partial charge >= 0.3 is 6.36 Å². The number of carbonyl (C=O) groups excluding carboxylic acids is 1. The zero-order valence-corrected chi connectivity index (χ0v) is 17.9. The Morgan fingerprint density at radius 3 is 2.59 bits per heavy atom. The Hall–Kier alpha value is -3.66. The van der Waals surface area contributed by atoms with E-state index in [2.05, 4.69) is 15.0 Å². The van der Waals surface area contributed by atoms with E-state index < -0.39 is 35.5 Å². The Balaban J connectivity index is 1.77. The van der Waals surface area contributed by atoms with Crippen LogP contribution in [0.2, 0.25) is 0 Å². The van der Waals surface area contributed by atoms with Gasteiger partial charge in [-0.3, -0.25) is 9.78 Å². The predicted octanol–water partition coefficient (Wildman–Crippen LogP) is 4.63. The van der Waals surface area contributed by atoms with Crippen LogP contribution in [0.4, 0.5) is 17.6 Å². The Bertz CT molecular complexity index is 1200. The maximum atomic E-state index is 14.6. The third-order valence-corrected chi connectivity index (χ3v) is 5.54. The summed E-state index contributed by atoms with van der Waals surface area (Å²) < 4.78 is 61.8. The van der Waals surface area contributed by atoms with Crippen LogP contribution in [0.1, 0.15) is 46.6 Å². The van der Waals surface area contributed by atoms with Crippen molar-refractivity contribution in [1.82, 2.24) is 10.3 Å². The summed E-state index contributed by atoms with van der Waals surface area (Å²) in [4.78, 5) is 17.6. The van der Waals surface area contributed by atoms with Crippen LogP contribution >= 0.6 is 0 Å². The zero-order chi connectivity index (χ0) is 24.5. The molecule has 0 aliphatic carbocycles. The Morgan fingerprint density at radius 1 is 1.21 bits per heavy atom. The van der Waals surface area contributed by atoms with E-state index in [-0.39, 0.29) is 24.2 Å². The molecule has 1 unspecified atom stereocenters. The lowest BCUT2D eigenvalue weighted by molar-refractivity contribution is -0.275. The smallest absolute Gasteiger partial charge is 0.491 e. The van der Waals surface area contributed by atoms with E-state index >= 15 is 0 Å². The van der Waals surface area contributed by atoms with Crippen molar-refractivity contribution in [3.63, 3.8) is 0 Å². The highest BCUT2D eigenvalue weighted by atomic mass is 19.4. The molecule has 2 heterocycles. The van der Waals surface area contributed by atoms with Crippen molar-refractivity contribution in [1.29, 1.82) is 0 Å². The molecule has 1 aliphatic rings. The van der Waals surface area contributed by atoms with Gasteiger partial charge in [-0.15, -0.1) is 13.2 Å². The monoisotopic (exact) mass is 476 g/mol. The molecule has 1 aliphatic heterocycles. The summed E-state index contributed by atoms with van der Waals surface area (Å²) in [6, 6.07) is 12.5. The SMILES string of the molecule is CC(O)c1ccc(C(=O)N[C@]2(c3ccc(OC(F)(F)F)c(F)c3)CCOc3cccnc32)cc1. The molecule has 2 atom stereocenters. The molecule has 178 valence electrons. The van der Waals surface area contributed by atoms with Crippen LogP contribution in [0, 0.1) is 5.82 Å². The lowest BCUT2D eigenvalue weighted by Gasteiger charge is -2.39. The molecular weight excluding hydrogens is 456 g/mol. The number of benzene rings is 2. The Kier molecular flexibility index (Phi) is 6.18. The van der Waals surface area contributed by atoms with Crippen molar-refractivity contribution in [2.75, 3.05) is 6.61 Å². The third-order valence-electron chi connectivity index (χ3n) is 5.54. The van der Waals surface area contributed by atoms with Crippen LogP contribution < -0.4 is 14.8 Å². The summed E-state index contributed by atoms with van der Waals surface area (Å²) in [5.74, 6) is -2.39. The highest BCUT2D eigenvalue weighted by Gasteiger charge is 2.43. The van der Waals surface area contributed by atoms with Crippen LogP contribution in [0.3, 0.4) is 0 Å². The van der Waals surface area contributed by atoms with Gasteiger partial charge in [0.05, 0.1) is 12.7 Å². The van der Waals surface area contributed by atoms with Gasteiger partial charge in [0.2, 0.25) is 0 Å². The summed E-state index contributed by atoms with van der Waals surface area (Å²) in [5.41, 5.74) is -0.0281. The van der Waals surface area contributed by atoms with Crippen LogP contribution in [0.5, 0.6) is 11.5 Å².